The molecule has 8 heteroatoms. The number of pyridine rings is 1. The molecule has 8 nitrogen and oxygen atoms in total. The van der Waals surface area contributed by atoms with Gasteiger partial charge in [0, 0.05) is 24.0 Å². The molecular formula is C23H25N5O3. The summed E-state index contributed by atoms with van der Waals surface area (Å²) in [5.74, 6) is -0.525. The minimum atomic E-state index is -0.572. The summed E-state index contributed by atoms with van der Waals surface area (Å²) >= 11 is 0. The van der Waals surface area contributed by atoms with Crippen LogP contribution >= 0.6 is 0 Å². The number of hydrogen-bond donors (Lipinski definition) is 1. The fourth-order valence-corrected chi connectivity index (χ4v) is 4.00. The van der Waals surface area contributed by atoms with Gasteiger partial charge in [0.15, 0.2) is 12.4 Å². The van der Waals surface area contributed by atoms with Crippen molar-refractivity contribution in [2.24, 2.45) is 0 Å². The summed E-state index contributed by atoms with van der Waals surface area (Å²) in [5, 5.41) is 18.9. The second kappa shape index (κ2) is 8.59. The van der Waals surface area contributed by atoms with Crippen LogP contribution in [0.5, 0.6) is 0 Å². The predicted octanol–water partition coefficient (Wildman–Crippen LogP) is 2.76. The molecule has 1 fully saturated rings. The van der Waals surface area contributed by atoms with Crippen LogP contribution in [-0.4, -0.2) is 39.1 Å². The molecule has 0 aliphatic carbocycles. The monoisotopic (exact) mass is 419 g/mol. The third-order valence-corrected chi connectivity index (χ3v) is 5.48. The Morgan fingerprint density at radius 3 is 2.61 bits per heavy atom. The lowest BCUT2D eigenvalue weighted by Gasteiger charge is -2.34. The molecule has 1 aliphatic rings. The van der Waals surface area contributed by atoms with E-state index in [0.717, 1.165) is 29.9 Å². The molecule has 1 aromatic carbocycles. The summed E-state index contributed by atoms with van der Waals surface area (Å²) in [4.78, 5) is 27.5. The van der Waals surface area contributed by atoms with Gasteiger partial charge in [-0.2, -0.15) is 9.83 Å². The maximum absolute atomic E-state index is 13.0. The van der Waals surface area contributed by atoms with Crippen LogP contribution in [0, 0.1) is 19.1 Å². The number of nitrogens with one attached hydrogen (secondary N) is 1. The number of rotatable bonds is 4. The molecule has 1 N–H and O–H groups in total. The minimum absolute atomic E-state index is 0.224. The number of piperidine rings is 1. The first-order chi connectivity index (χ1) is 14.9. The van der Waals surface area contributed by atoms with Gasteiger partial charge in [0.25, 0.3) is 5.91 Å². The zero-order chi connectivity index (χ0) is 22.0. The summed E-state index contributed by atoms with van der Waals surface area (Å²) in [7, 11) is 0. The van der Waals surface area contributed by atoms with Gasteiger partial charge in [-0.3, -0.25) is 9.59 Å². The Kier molecular flexibility index (Phi) is 5.70. The molecule has 1 aliphatic heterocycles. The smallest absolute Gasteiger partial charge is 0.260 e. The van der Waals surface area contributed by atoms with Crippen molar-refractivity contribution in [2.75, 3.05) is 11.9 Å². The van der Waals surface area contributed by atoms with Crippen LogP contribution in [0.3, 0.4) is 0 Å². The zero-order valence-electron chi connectivity index (χ0n) is 17.6. The van der Waals surface area contributed by atoms with E-state index in [0.29, 0.717) is 23.4 Å². The van der Waals surface area contributed by atoms with Crippen molar-refractivity contribution in [2.45, 2.75) is 39.2 Å². The van der Waals surface area contributed by atoms with Crippen molar-refractivity contribution < 1.29 is 14.3 Å². The highest BCUT2D eigenvalue weighted by atomic mass is 16.5. The molecule has 0 radical (unpaired) electrons. The second-order valence-electron chi connectivity index (χ2n) is 7.84. The van der Waals surface area contributed by atoms with Gasteiger partial charge in [0.05, 0.1) is 11.4 Å². The van der Waals surface area contributed by atoms with Crippen molar-refractivity contribution in [1.29, 1.82) is 0 Å². The number of nitrogens with zero attached hydrogens (tertiary/aromatic N) is 4. The van der Waals surface area contributed by atoms with Gasteiger partial charge in [-0.15, -0.1) is 0 Å². The Hall–Kier alpha value is -3.68. The fourth-order valence-electron chi connectivity index (χ4n) is 4.00. The average molecular weight is 419 g/mol. The van der Waals surface area contributed by atoms with Crippen LogP contribution < -0.4 is 10.0 Å². The van der Waals surface area contributed by atoms with Crippen LogP contribution in [0.4, 0.5) is 5.69 Å². The number of benzene rings is 1. The Balaban J connectivity index is 1.48. The van der Waals surface area contributed by atoms with Gasteiger partial charge < -0.3 is 15.4 Å². The van der Waals surface area contributed by atoms with E-state index < -0.39 is 6.04 Å². The molecule has 0 spiro atoms. The van der Waals surface area contributed by atoms with Crippen LogP contribution in [0.2, 0.25) is 0 Å². The molecule has 2 aromatic heterocycles. The molecule has 0 bridgehead atoms. The number of amides is 2. The quantitative estimate of drug-likeness (QED) is 0.520. The first-order valence-electron chi connectivity index (χ1n) is 10.4. The van der Waals surface area contributed by atoms with E-state index >= 15 is 0 Å². The number of carbonyl (C=O) groups is 2. The Labute approximate surface area is 180 Å². The fraction of sp³-hybridized carbons (Fsp3) is 0.304. The first-order valence-corrected chi connectivity index (χ1v) is 10.4. The highest BCUT2D eigenvalue weighted by Crippen LogP contribution is 2.22. The standard InChI is InChI=1S/C23H25N5O3/c1-16-14-17(2)28(25-16)20-10-8-19(9-11-20)24-22(29)21-7-3-4-13-27(21)23(30)18-6-5-12-26(31)15-18/h5-6,8-12,14-15,21H,3-4,7,13H2,1-2H3,(H,24,29)/t21-/m1/s1. The maximum atomic E-state index is 13.0. The number of aryl methyl sites for hydroxylation is 2. The van der Waals surface area contributed by atoms with E-state index in [1.54, 1.807) is 11.0 Å². The van der Waals surface area contributed by atoms with Crippen molar-refractivity contribution in [3.8, 4) is 5.69 Å². The van der Waals surface area contributed by atoms with E-state index in [4.69, 9.17) is 0 Å². The number of aromatic nitrogens is 3. The summed E-state index contributed by atoms with van der Waals surface area (Å²) in [6, 6.07) is 12.0. The third kappa shape index (κ3) is 4.42. The van der Waals surface area contributed by atoms with E-state index in [-0.39, 0.29) is 17.4 Å². The molecule has 3 aromatic rings. The lowest BCUT2D eigenvalue weighted by Crippen LogP contribution is -2.50. The second-order valence-corrected chi connectivity index (χ2v) is 7.84. The number of carbonyl (C=O) groups excluding carboxylic acids is 2. The van der Waals surface area contributed by atoms with Crippen molar-refractivity contribution >= 4 is 17.5 Å². The predicted molar refractivity (Wildman–Crippen MR) is 116 cm³/mol. The number of likely N-dealkylation sites (tertiary alicyclic amines) is 1. The largest absolute Gasteiger partial charge is 0.619 e. The van der Waals surface area contributed by atoms with Gasteiger partial charge in [-0.1, -0.05) is 0 Å². The van der Waals surface area contributed by atoms with Crippen LogP contribution in [0.1, 0.15) is 41.0 Å². The first kappa shape index (κ1) is 20.6. The van der Waals surface area contributed by atoms with Gasteiger partial charge in [0.2, 0.25) is 5.91 Å². The SMILES string of the molecule is Cc1cc(C)n(-c2ccc(NC(=O)[C@H]3CCCCN3C(=O)c3ccc[n+]([O-])c3)cc2)n1. The maximum Gasteiger partial charge on any atom is 0.260 e. The molecule has 3 heterocycles. The minimum Gasteiger partial charge on any atom is -0.619 e. The highest BCUT2D eigenvalue weighted by Gasteiger charge is 2.33. The third-order valence-electron chi connectivity index (χ3n) is 5.48. The van der Waals surface area contributed by atoms with Crippen LogP contribution in [0.25, 0.3) is 5.69 Å². The lowest BCUT2D eigenvalue weighted by molar-refractivity contribution is -0.605. The molecular weight excluding hydrogens is 394 g/mol. The molecule has 4 rings (SSSR count). The molecule has 1 atom stereocenters. The molecule has 2 amide bonds. The van der Waals surface area contributed by atoms with Crippen LogP contribution in [0.15, 0.2) is 54.9 Å². The lowest BCUT2D eigenvalue weighted by atomic mass is 10.00. The Morgan fingerprint density at radius 2 is 1.94 bits per heavy atom. The van der Waals surface area contributed by atoms with E-state index in [1.165, 1.54) is 18.5 Å². The Morgan fingerprint density at radius 1 is 1.16 bits per heavy atom. The number of hydrogen-bond acceptors (Lipinski definition) is 4. The van der Waals surface area contributed by atoms with E-state index in [2.05, 4.69) is 10.4 Å². The molecule has 160 valence electrons. The van der Waals surface area contributed by atoms with Crippen molar-refractivity contribution in [3.05, 3.63) is 77.0 Å². The summed E-state index contributed by atoms with van der Waals surface area (Å²) < 4.78 is 2.45. The summed E-state index contributed by atoms with van der Waals surface area (Å²) in [6.45, 7) is 4.42. The van der Waals surface area contributed by atoms with Gasteiger partial charge in [-0.05, 0) is 69.5 Å². The molecule has 1 saturated heterocycles. The summed E-state index contributed by atoms with van der Waals surface area (Å²) in [5.41, 5.74) is 3.83. The van der Waals surface area contributed by atoms with Gasteiger partial charge >= 0.3 is 0 Å². The molecule has 31 heavy (non-hydrogen) atoms. The summed E-state index contributed by atoms with van der Waals surface area (Å²) in [6.07, 6.45) is 4.86. The molecule has 0 unspecified atom stereocenters. The van der Waals surface area contributed by atoms with E-state index in [9.17, 15) is 14.8 Å². The van der Waals surface area contributed by atoms with Crippen LogP contribution in [-0.2, 0) is 4.79 Å². The van der Waals surface area contributed by atoms with Gasteiger partial charge in [-0.25, -0.2) is 4.68 Å². The number of anilines is 1. The highest BCUT2D eigenvalue weighted by molar-refractivity contribution is 6.01. The molecule has 0 saturated carbocycles. The Bertz CT molecular complexity index is 1110. The van der Waals surface area contributed by atoms with E-state index in [1.807, 2.05) is 48.9 Å². The average Bonchev–Trinajstić information content (AvgIpc) is 3.11. The topological polar surface area (TPSA) is 94.2 Å². The normalized spacial score (nSPS) is 16.2. The van der Waals surface area contributed by atoms with Crippen molar-refractivity contribution in [3.63, 3.8) is 0 Å². The van der Waals surface area contributed by atoms with Gasteiger partial charge in [0.1, 0.15) is 11.6 Å². The van der Waals surface area contributed by atoms with Crippen molar-refractivity contribution in [1.82, 2.24) is 14.7 Å². The zero-order valence-corrected chi connectivity index (χ0v) is 17.6.